The Morgan fingerprint density at radius 1 is 1.20 bits per heavy atom. The van der Waals surface area contributed by atoms with Gasteiger partial charge in [-0.1, -0.05) is 35.2 Å². The van der Waals surface area contributed by atoms with Crippen molar-refractivity contribution in [2.24, 2.45) is 0 Å². The third kappa shape index (κ3) is 4.60. The Kier molecular flexibility index (Phi) is 5.84. The number of terminal acetylenes is 1. The third-order valence-corrected chi connectivity index (χ3v) is 4.08. The molecule has 0 aliphatic heterocycles. The van der Waals surface area contributed by atoms with Gasteiger partial charge in [0.15, 0.2) is 4.33 Å². The molecule has 0 spiro atoms. The minimum atomic E-state index is -1.91. The van der Waals surface area contributed by atoms with E-state index in [-0.39, 0.29) is 18.0 Å². The summed E-state index contributed by atoms with van der Waals surface area (Å²) in [5.41, 5.74) is 1.19. The average molecular weight is 378 g/mol. The molecular weight excluding hydrogens is 364 g/mol. The monoisotopic (exact) mass is 377 g/mol. The van der Waals surface area contributed by atoms with E-state index >= 15 is 0 Å². The third-order valence-electron chi connectivity index (χ3n) is 3.50. The van der Waals surface area contributed by atoms with E-state index in [2.05, 4.69) is 5.92 Å². The number of anilines is 1. The van der Waals surface area contributed by atoms with Crippen molar-refractivity contribution in [2.45, 2.75) is 11.3 Å². The van der Waals surface area contributed by atoms with Crippen LogP contribution in [0.15, 0.2) is 48.5 Å². The van der Waals surface area contributed by atoms with Gasteiger partial charge in [0.2, 0.25) is 11.7 Å². The van der Waals surface area contributed by atoms with Crippen molar-refractivity contribution in [3.8, 4) is 12.3 Å². The summed E-state index contributed by atoms with van der Waals surface area (Å²) in [5, 5.41) is 0. The molecule has 0 saturated carbocycles. The molecule has 0 unspecified atom stereocenters. The Morgan fingerprint density at radius 2 is 1.84 bits per heavy atom. The molecule has 1 amide bonds. The Bertz CT molecular complexity index is 841. The normalized spacial score (nSPS) is 10.8. The van der Waals surface area contributed by atoms with Gasteiger partial charge in [0.25, 0.3) is 0 Å². The second-order valence-electron chi connectivity index (χ2n) is 5.34. The van der Waals surface area contributed by atoms with Gasteiger partial charge >= 0.3 is 0 Å². The molecule has 3 nitrogen and oxygen atoms in total. The lowest BCUT2D eigenvalue weighted by Gasteiger charge is -2.28. The van der Waals surface area contributed by atoms with Crippen LogP contribution in [0.4, 0.5) is 10.1 Å². The molecule has 2 aromatic carbocycles. The molecule has 0 N–H and O–H groups in total. The van der Waals surface area contributed by atoms with E-state index in [1.165, 1.54) is 24.0 Å². The van der Waals surface area contributed by atoms with Gasteiger partial charge in [-0.15, -0.1) is 6.42 Å². The van der Waals surface area contributed by atoms with E-state index in [1.54, 1.807) is 24.3 Å². The number of hydrogen-bond acceptors (Lipinski definition) is 2. The number of hydrogen-bond donors (Lipinski definition) is 0. The van der Waals surface area contributed by atoms with Crippen LogP contribution in [0.3, 0.4) is 0 Å². The maximum Gasteiger partial charge on any atom is 0.223 e. The fourth-order valence-electron chi connectivity index (χ4n) is 2.23. The molecule has 0 heterocycles. The summed E-state index contributed by atoms with van der Waals surface area (Å²) in [7, 11) is 0. The standard InChI is InChI=1S/C19H14Cl2FNO2/c1-3-14-5-4-6-17(11-14)23(13(2)24)12-19(20,21)18(25)15-7-9-16(22)10-8-15/h1,4-11H,12H2,2H3. The minimum Gasteiger partial charge on any atom is -0.309 e. The van der Waals surface area contributed by atoms with Crippen LogP contribution < -0.4 is 4.90 Å². The molecule has 6 heteroatoms. The van der Waals surface area contributed by atoms with Gasteiger partial charge in [0.05, 0.1) is 6.54 Å². The van der Waals surface area contributed by atoms with Gasteiger partial charge in [0.1, 0.15) is 5.82 Å². The minimum absolute atomic E-state index is 0.146. The number of benzene rings is 2. The topological polar surface area (TPSA) is 37.4 Å². The lowest BCUT2D eigenvalue weighted by Crippen LogP contribution is -2.43. The molecule has 0 bridgehead atoms. The zero-order valence-corrected chi connectivity index (χ0v) is 14.8. The molecule has 2 rings (SSSR count). The highest BCUT2D eigenvalue weighted by Crippen LogP contribution is 2.30. The number of ketones is 1. The average Bonchev–Trinajstić information content (AvgIpc) is 2.59. The lowest BCUT2D eigenvalue weighted by molar-refractivity contribution is -0.116. The molecule has 0 aromatic heterocycles. The largest absolute Gasteiger partial charge is 0.309 e. The Balaban J connectivity index is 2.31. The van der Waals surface area contributed by atoms with Gasteiger partial charge in [-0.3, -0.25) is 9.59 Å². The van der Waals surface area contributed by atoms with Crippen LogP contribution >= 0.6 is 23.2 Å². The summed E-state index contributed by atoms with van der Waals surface area (Å²) in [4.78, 5) is 25.8. The molecule has 2 aromatic rings. The SMILES string of the molecule is C#Cc1cccc(N(CC(Cl)(Cl)C(=O)c2ccc(F)cc2)C(C)=O)c1. The molecule has 0 aliphatic rings. The quantitative estimate of drug-likeness (QED) is 0.444. The second-order valence-corrected chi connectivity index (χ2v) is 6.82. The first-order valence-corrected chi connectivity index (χ1v) is 8.03. The number of Topliss-reactive ketones (excluding diaryl/α,β-unsaturated/α-hetero) is 1. The van der Waals surface area contributed by atoms with E-state index in [1.807, 2.05) is 0 Å². The maximum absolute atomic E-state index is 13.0. The van der Waals surface area contributed by atoms with Crippen LogP contribution in [0.1, 0.15) is 22.8 Å². The Morgan fingerprint density at radius 3 is 2.40 bits per heavy atom. The second kappa shape index (κ2) is 7.69. The molecule has 0 aliphatic carbocycles. The number of carbonyl (C=O) groups excluding carboxylic acids is 2. The van der Waals surface area contributed by atoms with Gasteiger partial charge in [0, 0.05) is 23.7 Å². The zero-order valence-electron chi connectivity index (χ0n) is 13.3. The Labute approximate surface area is 155 Å². The number of alkyl halides is 2. The van der Waals surface area contributed by atoms with Crippen molar-refractivity contribution in [1.29, 1.82) is 0 Å². The van der Waals surface area contributed by atoms with Crippen molar-refractivity contribution in [3.05, 3.63) is 65.5 Å². The van der Waals surface area contributed by atoms with E-state index in [0.717, 1.165) is 12.1 Å². The fraction of sp³-hybridized carbons (Fsp3) is 0.158. The molecule has 0 radical (unpaired) electrons. The fourth-order valence-corrected chi connectivity index (χ4v) is 2.69. The van der Waals surface area contributed by atoms with Crippen molar-refractivity contribution < 1.29 is 14.0 Å². The van der Waals surface area contributed by atoms with Crippen molar-refractivity contribution in [2.75, 3.05) is 11.4 Å². The number of rotatable bonds is 5. The van der Waals surface area contributed by atoms with E-state index < -0.39 is 15.9 Å². The highest BCUT2D eigenvalue weighted by Gasteiger charge is 2.37. The predicted octanol–water partition coefficient (Wildman–Crippen LogP) is 4.22. The van der Waals surface area contributed by atoms with E-state index in [0.29, 0.717) is 11.3 Å². The van der Waals surface area contributed by atoms with Crippen LogP contribution in [0, 0.1) is 18.2 Å². The zero-order chi connectivity index (χ0) is 18.6. The maximum atomic E-state index is 13.0. The predicted molar refractivity (Wildman–Crippen MR) is 97.6 cm³/mol. The van der Waals surface area contributed by atoms with Crippen LogP contribution in [0.2, 0.25) is 0 Å². The highest BCUT2D eigenvalue weighted by atomic mass is 35.5. The van der Waals surface area contributed by atoms with Crippen molar-refractivity contribution in [1.82, 2.24) is 0 Å². The van der Waals surface area contributed by atoms with Gasteiger partial charge in [-0.05, 0) is 42.5 Å². The summed E-state index contributed by atoms with van der Waals surface area (Å²) in [6, 6.07) is 11.5. The van der Waals surface area contributed by atoms with Crippen molar-refractivity contribution in [3.63, 3.8) is 0 Å². The summed E-state index contributed by atoms with van der Waals surface area (Å²) in [6.45, 7) is 1.05. The van der Waals surface area contributed by atoms with Gasteiger partial charge in [-0.2, -0.15) is 0 Å². The molecule has 0 atom stereocenters. The summed E-state index contributed by atoms with van der Waals surface area (Å²) >= 11 is 12.4. The van der Waals surface area contributed by atoms with Crippen LogP contribution in [0.25, 0.3) is 0 Å². The first-order valence-electron chi connectivity index (χ1n) is 7.27. The number of carbonyl (C=O) groups is 2. The molecular formula is C19H14Cl2FNO2. The smallest absolute Gasteiger partial charge is 0.223 e. The summed E-state index contributed by atoms with van der Waals surface area (Å²) in [6.07, 6.45) is 5.37. The first kappa shape index (κ1) is 19.0. The number of halogens is 3. The van der Waals surface area contributed by atoms with Crippen molar-refractivity contribution >= 4 is 40.6 Å². The summed E-state index contributed by atoms with van der Waals surface area (Å²) < 4.78 is 11.1. The molecule has 128 valence electrons. The summed E-state index contributed by atoms with van der Waals surface area (Å²) in [5.74, 6) is 1.00. The van der Waals surface area contributed by atoms with Gasteiger partial charge < -0.3 is 4.90 Å². The van der Waals surface area contributed by atoms with E-state index in [9.17, 15) is 14.0 Å². The molecule has 0 fully saturated rings. The number of nitrogens with zero attached hydrogens (tertiary/aromatic N) is 1. The Hall–Kier alpha value is -2.35. The van der Waals surface area contributed by atoms with Gasteiger partial charge in [-0.25, -0.2) is 4.39 Å². The molecule has 0 saturated heterocycles. The van der Waals surface area contributed by atoms with Crippen LogP contribution in [0.5, 0.6) is 0 Å². The highest BCUT2D eigenvalue weighted by molar-refractivity contribution is 6.60. The first-order chi connectivity index (χ1) is 11.7. The van der Waals surface area contributed by atoms with Crippen LogP contribution in [-0.4, -0.2) is 22.6 Å². The van der Waals surface area contributed by atoms with E-state index in [4.69, 9.17) is 29.6 Å². The molecule has 25 heavy (non-hydrogen) atoms. The number of amides is 1. The van der Waals surface area contributed by atoms with Crippen LogP contribution in [-0.2, 0) is 4.79 Å². The lowest BCUT2D eigenvalue weighted by atomic mass is 10.1.